The monoisotopic (exact) mass is 529 g/mol. The molecule has 0 N–H and O–H groups in total. The van der Waals surface area contributed by atoms with Crippen molar-refractivity contribution in [1.29, 1.82) is 0 Å². The van der Waals surface area contributed by atoms with Crippen LogP contribution in [0.2, 0.25) is 0 Å². The van der Waals surface area contributed by atoms with Gasteiger partial charge in [0.2, 0.25) is 0 Å². The number of rotatable bonds is 25. The Labute approximate surface area is 219 Å². The normalized spacial score (nSPS) is 11.8. The van der Waals surface area contributed by atoms with Crippen LogP contribution in [0.25, 0.3) is 0 Å². The average molecular weight is 530 g/mol. The van der Waals surface area contributed by atoms with Crippen LogP contribution in [0.5, 0.6) is 5.75 Å². The second-order valence-electron chi connectivity index (χ2n) is 8.08. The number of nitro groups is 1. The molecule has 0 saturated heterocycles. The van der Waals surface area contributed by atoms with Crippen LogP contribution >= 0.6 is 0 Å². The van der Waals surface area contributed by atoms with E-state index in [9.17, 15) is 14.9 Å². The van der Waals surface area contributed by atoms with E-state index >= 15 is 0 Å². The Hall–Kier alpha value is -2.31. The molecule has 0 heterocycles. The summed E-state index contributed by atoms with van der Waals surface area (Å²) in [4.78, 5) is 22.1. The van der Waals surface area contributed by atoms with Crippen LogP contribution in [0.4, 0.5) is 5.69 Å². The molecule has 1 aromatic carbocycles. The molecular weight excluding hydrogens is 486 g/mol. The largest absolute Gasteiger partial charge is 0.491 e. The van der Waals surface area contributed by atoms with Gasteiger partial charge in [0.15, 0.2) is 0 Å². The number of nitrogens with zero attached hydrogens (tertiary/aromatic N) is 1. The smallest absolute Gasteiger partial charge is 0.308 e. The molecule has 212 valence electrons. The highest BCUT2D eigenvalue weighted by Crippen LogP contribution is 2.17. The average Bonchev–Trinajstić information content (AvgIpc) is 2.90. The molecule has 1 aromatic rings. The lowest BCUT2D eigenvalue weighted by Gasteiger charge is -2.13. The molecule has 37 heavy (non-hydrogen) atoms. The standard InChI is InChI=1S/C26H43NO10/c1-3-5-6-23(4-2)26(28)37-22-20-35-18-16-33-14-12-31-11-13-32-15-17-34-19-21-36-25-9-7-24(8-10-25)27(29)30/h7-10,23H,3-6,11-22H2,1-2H3. The van der Waals surface area contributed by atoms with Crippen molar-refractivity contribution >= 4 is 11.7 Å². The Morgan fingerprint density at radius 3 is 1.65 bits per heavy atom. The van der Waals surface area contributed by atoms with Gasteiger partial charge in [-0.25, -0.2) is 0 Å². The van der Waals surface area contributed by atoms with E-state index in [1.165, 1.54) is 12.1 Å². The first-order chi connectivity index (χ1) is 18.1. The number of carbonyl (C=O) groups excluding carboxylic acids is 1. The van der Waals surface area contributed by atoms with E-state index in [2.05, 4.69) is 6.92 Å². The van der Waals surface area contributed by atoms with Crippen molar-refractivity contribution in [2.24, 2.45) is 5.92 Å². The van der Waals surface area contributed by atoms with E-state index in [0.717, 1.165) is 25.7 Å². The summed E-state index contributed by atoms with van der Waals surface area (Å²) < 4.78 is 37.8. The Morgan fingerprint density at radius 2 is 1.22 bits per heavy atom. The maximum Gasteiger partial charge on any atom is 0.308 e. The Balaban J connectivity index is 1.79. The van der Waals surface area contributed by atoms with Crippen molar-refractivity contribution in [3.63, 3.8) is 0 Å². The van der Waals surface area contributed by atoms with Crippen LogP contribution in [0.15, 0.2) is 24.3 Å². The highest BCUT2D eigenvalue weighted by molar-refractivity contribution is 5.72. The molecule has 0 fully saturated rings. The zero-order valence-corrected chi connectivity index (χ0v) is 22.2. The lowest BCUT2D eigenvalue weighted by atomic mass is 10.00. The van der Waals surface area contributed by atoms with Crippen molar-refractivity contribution in [1.82, 2.24) is 0 Å². The predicted octanol–water partition coefficient (Wildman–Crippen LogP) is 3.82. The number of hydrogen-bond donors (Lipinski definition) is 0. The molecule has 11 nitrogen and oxygen atoms in total. The van der Waals surface area contributed by atoms with Gasteiger partial charge in [-0.1, -0.05) is 26.7 Å². The Kier molecular flexibility index (Phi) is 20.2. The second kappa shape index (κ2) is 22.9. The van der Waals surface area contributed by atoms with E-state index in [-0.39, 0.29) is 24.2 Å². The first-order valence-corrected chi connectivity index (χ1v) is 13.0. The number of unbranched alkanes of at least 4 members (excludes halogenated alkanes) is 1. The fourth-order valence-electron chi connectivity index (χ4n) is 3.12. The van der Waals surface area contributed by atoms with Gasteiger partial charge in [-0.05, 0) is 25.0 Å². The number of hydrogen-bond acceptors (Lipinski definition) is 10. The van der Waals surface area contributed by atoms with Crippen molar-refractivity contribution in [3.05, 3.63) is 34.4 Å². The van der Waals surface area contributed by atoms with Gasteiger partial charge in [-0.3, -0.25) is 14.9 Å². The summed E-state index contributed by atoms with van der Waals surface area (Å²) in [5.74, 6) is 0.417. The van der Waals surface area contributed by atoms with Crippen LogP contribution in [0.3, 0.4) is 0 Å². The number of nitro benzene ring substituents is 1. The highest BCUT2D eigenvalue weighted by Gasteiger charge is 2.16. The van der Waals surface area contributed by atoms with E-state index in [1.54, 1.807) is 12.1 Å². The molecule has 0 aliphatic rings. The van der Waals surface area contributed by atoms with E-state index < -0.39 is 4.92 Å². The predicted molar refractivity (Wildman–Crippen MR) is 137 cm³/mol. The summed E-state index contributed by atoms with van der Waals surface area (Å²) in [5, 5.41) is 10.6. The third-order valence-corrected chi connectivity index (χ3v) is 5.24. The van der Waals surface area contributed by atoms with E-state index in [4.69, 9.17) is 33.2 Å². The summed E-state index contributed by atoms with van der Waals surface area (Å²) >= 11 is 0. The maximum absolute atomic E-state index is 12.0. The number of carbonyl (C=O) groups is 1. The molecule has 0 amide bonds. The highest BCUT2D eigenvalue weighted by atomic mass is 16.6. The van der Waals surface area contributed by atoms with E-state index in [0.29, 0.717) is 78.4 Å². The number of non-ortho nitro benzene ring substituents is 1. The zero-order chi connectivity index (χ0) is 27.0. The molecule has 0 aromatic heterocycles. The molecule has 0 aliphatic heterocycles. The molecule has 0 radical (unpaired) electrons. The van der Waals surface area contributed by atoms with Crippen molar-refractivity contribution in [3.8, 4) is 5.75 Å². The summed E-state index contributed by atoms with van der Waals surface area (Å²) in [6.07, 6.45) is 3.81. The SMILES string of the molecule is CCCCC(CC)C(=O)OCCOCCOCCOCCOCCOCCOc1ccc([N+](=O)[O-])cc1. The van der Waals surface area contributed by atoms with Crippen LogP contribution in [0.1, 0.15) is 39.5 Å². The summed E-state index contributed by atoms with van der Waals surface area (Å²) in [6.45, 7) is 9.12. The van der Waals surface area contributed by atoms with Gasteiger partial charge in [0.05, 0.1) is 76.9 Å². The van der Waals surface area contributed by atoms with Gasteiger partial charge in [0.1, 0.15) is 19.0 Å². The second-order valence-corrected chi connectivity index (χ2v) is 8.08. The molecule has 1 rings (SSSR count). The minimum Gasteiger partial charge on any atom is -0.491 e. The molecule has 1 atom stereocenters. The minimum absolute atomic E-state index is 0.00926. The lowest BCUT2D eigenvalue weighted by molar-refractivity contribution is -0.384. The van der Waals surface area contributed by atoms with Crippen LogP contribution in [-0.4, -0.2) is 90.2 Å². The van der Waals surface area contributed by atoms with Gasteiger partial charge in [0, 0.05) is 12.1 Å². The van der Waals surface area contributed by atoms with Crippen molar-refractivity contribution in [2.45, 2.75) is 39.5 Å². The van der Waals surface area contributed by atoms with E-state index in [1.807, 2.05) is 6.92 Å². The molecule has 11 heteroatoms. The molecule has 0 bridgehead atoms. The summed E-state index contributed by atoms with van der Waals surface area (Å²) in [6, 6.07) is 5.90. The third kappa shape index (κ3) is 17.7. The topological polar surface area (TPSA) is 125 Å². The molecule has 0 spiro atoms. The fourth-order valence-corrected chi connectivity index (χ4v) is 3.12. The Bertz CT molecular complexity index is 701. The fraction of sp³-hybridized carbons (Fsp3) is 0.731. The maximum atomic E-state index is 12.0. The summed E-state index contributed by atoms with van der Waals surface area (Å²) in [7, 11) is 0. The van der Waals surface area contributed by atoms with Crippen molar-refractivity contribution in [2.75, 3.05) is 79.3 Å². The number of esters is 1. The quantitative estimate of drug-likeness (QED) is 0.0799. The van der Waals surface area contributed by atoms with Crippen LogP contribution in [-0.2, 0) is 33.2 Å². The molecule has 0 saturated carbocycles. The lowest BCUT2D eigenvalue weighted by Crippen LogP contribution is -2.20. The van der Waals surface area contributed by atoms with Crippen molar-refractivity contribution < 1.29 is 42.9 Å². The minimum atomic E-state index is -0.454. The van der Waals surface area contributed by atoms with Gasteiger partial charge >= 0.3 is 5.97 Å². The third-order valence-electron chi connectivity index (χ3n) is 5.24. The molecule has 0 aliphatic carbocycles. The number of ether oxygens (including phenoxy) is 7. The van der Waals surface area contributed by atoms with Gasteiger partial charge in [-0.15, -0.1) is 0 Å². The summed E-state index contributed by atoms with van der Waals surface area (Å²) in [5.41, 5.74) is 0.0256. The first-order valence-electron chi connectivity index (χ1n) is 13.0. The first kappa shape index (κ1) is 32.7. The molecular formula is C26H43NO10. The van der Waals surface area contributed by atoms with Crippen LogP contribution in [0, 0.1) is 16.0 Å². The van der Waals surface area contributed by atoms with Gasteiger partial charge in [0.25, 0.3) is 5.69 Å². The van der Waals surface area contributed by atoms with Gasteiger partial charge in [-0.2, -0.15) is 0 Å². The number of benzene rings is 1. The van der Waals surface area contributed by atoms with Crippen LogP contribution < -0.4 is 4.74 Å². The van der Waals surface area contributed by atoms with Gasteiger partial charge < -0.3 is 33.2 Å². The molecule has 1 unspecified atom stereocenters. The zero-order valence-electron chi connectivity index (χ0n) is 22.2. The Morgan fingerprint density at radius 1 is 0.757 bits per heavy atom.